The molecule has 0 unspecified atom stereocenters. The van der Waals surface area contributed by atoms with Crippen LogP contribution in [0.4, 0.5) is 0 Å². The number of nitrogens with zero attached hydrogens (tertiary/aromatic N) is 2. The van der Waals surface area contributed by atoms with E-state index in [1.54, 1.807) is 0 Å². The number of unbranched alkanes of at least 4 members (excludes halogenated alkanes) is 5. The lowest BCUT2D eigenvalue weighted by Crippen LogP contribution is -2.26. The first-order chi connectivity index (χ1) is 16.1. The van der Waals surface area contributed by atoms with Crippen molar-refractivity contribution in [2.24, 2.45) is 0 Å². The SMILES string of the molecule is CCCCCC[N+](=Cc1ccc(C)o1)Cc1ccc(CCCCCN(CCC)CCC)cc1. The molecular formula is C30H49N2O+. The van der Waals surface area contributed by atoms with Gasteiger partial charge in [-0.25, -0.2) is 4.58 Å². The first-order valence-corrected chi connectivity index (χ1v) is 13.6. The molecule has 0 aliphatic carbocycles. The zero-order chi connectivity index (χ0) is 23.7. The van der Waals surface area contributed by atoms with Gasteiger partial charge in [-0.1, -0.05) is 64.3 Å². The maximum absolute atomic E-state index is 5.80. The lowest BCUT2D eigenvalue weighted by Gasteiger charge is -2.20. The van der Waals surface area contributed by atoms with Gasteiger partial charge in [0.25, 0.3) is 0 Å². The molecule has 0 bridgehead atoms. The summed E-state index contributed by atoms with van der Waals surface area (Å²) in [7, 11) is 0. The molecule has 3 nitrogen and oxygen atoms in total. The molecule has 0 saturated heterocycles. The summed E-state index contributed by atoms with van der Waals surface area (Å²) < 4.78 is 8.22. The Balaban J connectivity index is 1.81. The van der Waals surface area contributed by atoms with Crippen molar-refractivity contribution in [2.45, 2.75) is 98.4 Å². The minimum Gasteiger partial charge on any atom is -0.456 e. The van der Waals surface area contributed by atoms with Crippen LogP contribution in [0.5, 0.6) is 0 Å². The van der Waals surface area contributed by atoms with Crippen molar-refractivity contribution in [1.82, 2.24) is 4.90 Å². The zero-order valence-corrected chi connectivity index (χ0v) is 22.0. The van der Waals surface area contributed by atoms with Crippen LogP contribution in [0.1, 0.15) is 101 Å². The highest BCUT2D eigenvalue weighted by Crippen LogP contribution is 2.12. The van der Waals surface area contributed by atoms with Gasteiger partial charge < -0.3 is 9.32 Å². The highest BCUT2D eigenvalue weighted by Gasteiger charge is 2.09. The molecule has 2 aromatic rings. The molecule has 0 aliphatic rings. The number of rotatable bonds is 18. The summed E-state index contributed by atoms with van der Waals surface area (Å²) in [6.07, 6.45) is 15.0. The van der Waals surface area contributed by atoms with Crippen LogP contribution in [0, 0.1) is 6.92 Å². The Morgan fingerprint density at radius 2 is 1.42 bits per heavy atom. The lowest BCUT2D eigenvalue weighted by molar-refractivity contribution is -0.540. The van der Waals surface area contributed by atoms with Crippen molar-refractivity contribution < 1.29 is 8.99 Å². The van der Waals surface area contributed by atoms with Gasteiger partial charge in [-0.3, -0.25) is 0 Å². The minimum atomic E-state index is 0.941. The summed E-state index contributed by atoms with van der Waals surface area (Å²) in [6.45, 7) is 14.6. The molecule has 1 aromatic heterocycles. The number of hydrogen-bond donors (Lipinski definition) is 0. The molecule has 0 fully saturated rings. The third-order valence-electron chi connectivity index (χ3n) is 6.30. The van der Waals surface area contributed by atoms with Gasteiger partial charge in [0.2, 0.25) is 6.21 Å². The van der Waals surface area contributed by atoms with Crippen molar-refractivity contribution in [3.8, 4) is 0 Å². The van der Waals surface area contributed by atoms with Crippen LogP contribution >= 0.6 is 0 Å². The summed E-state index contributed by atoms with van der Waals surface area (Å²) in [5.74, 6) is 1.93. The molecule has 0 aliphatic heterocycles. The molecule has 1 aromatic carbocycles. The molecule has 0 atom stereocenters. The van der Waals surface area contributed by atoms with Gasteiger partial charge in [0.1, 0.15) is 12.3 Å². The maximum Gasteiger partial charge on any atom is 0.206 e. The normalized spacial score (nSPS) is 12.1. The van der Waals surface area contributed by atoms with E-state index in [9.17, 15) is 0 Å². The predicted molar refractivity (Wildman–Crippen MR) is 143 cm³/mol. The van der Waals surface area contributed by atoms with E-state index in [2.05, 4.69) is 66.8 Å². The molecule has 0 radical (unpaired) electrons. The standard InChI is InChI=1S/C30H49N2O/c1-5-8-9-12-24-32(26-30-20-15-27(4)33-30)25-29-18-16-28(17-19-29)14-11-10-13-23-31(21-6-2)22-7-3/h15-20,26H,5-14,21-25H2,1-4H3/q+1. The molecule has 2 rings (SSSR count). The topological polar surface area (TPSA) is 19.4 Å². The molecule has 184 valence electrons. The van der Waals surface area contributed by atoms with E-state index in [0.717, 1.165) is 24.6 Å². The van der Waals surface area contributed by atoms with E-state index < -0.39 is 0 Å². The van der Waals surface area contributed by atoms with E-state index in [0.29, 0.717) is 0 Å². The van der Waals surface area contributed by atoms with Gasteiger partial charge >= 0.3 is 0 Å². The number of hydrogen-bond acceptors (Lipinski definition) is 2. The molecule has 33 heavy (non-hydrogen) atoms. The average Bonchev–Trinajstić information content (AvgIpc) is 3.22. The Bertz CT molecular complexity index is 769. The van der Waals surface area contributed by atoms with Crippen molar-refractivity contribution >= 4 is 6.21 Å². The predicted octanol–water partition coefficient (Wildman–Crippen LogP) is 7.63. The summed E-state index contributed by atoms with van der Waals surface area (Å²) in [5.41, 5.74) is 2.85. The van der Waals surface area contributed by atoms with Crippen LogP contribution in [-0.4, -0.2) is 41.9 Å². The zero-order valence-electron chi connectivity index (χ0n) is 22.0. The largest absolute Gasteiger partial charge is 0.456 e. The summed E-state index contributed by atoms with van der Waals surface area (Å²) in [4.78, 5) is 2.63. The Morgan fingerprint density at radius 3 is 2.06 bits per heavy atom. The Morgan fingerprint density at radius 1 is 0.727 bits per heavy atom. The second-order valence-electron chi connectivity index (χ2n) is 9.58. The minimum absolute atomic E-state index is 0.941. The highest BCUT2D eigenvalue weighted by molar-refractivity contribution is 5.71. The average molecular weight is 454 g/mol. The van der Waals surface area contributed by atoms with Gasteiger partial charge in [0.15, 0.2) is 12.3 Å². The van der Waals surface area contributed by atoms with E-state index in [-0.39, 0.29) is 0 Å². The third kappa shape index (κ3) is 11.7. The molecule has 0 N–H and O–H groups in total. The second kappa shape index (κ2) is 16.7. The van der Waals surface area contributed by atoms with E-state index >= 15 is 0 Å². The van der Waals surface area contributed by atoms with Crippen LogP contribution < -0.4 is 0 Å². The fourth-order valence-corrected chi connectivity index (χ4v) is 4.49. The van der Waals surface area contributed by atoms with Crippen LogP contribution in [0.25, 0.3) is 0 Å². The summed E-state index contributed by atoms with van der Waals surface area (Å²) >= 11 is 0. The van der Waals surface area contributed by atoms with Crippen molar-refractivity contribution in [3.05, 3.63) is 59.0 Å². The first-order valence-electron chi connectivity index (χ1n) is 13.6. The molecule has 1 heterocycles. The quantitative estimate of drug-likeness (QED) is 0.131. The smallest absolute Gasteiger partial charge is 0.206 e. The van der Waals surface area contributed by atoms with Gasteiger partial charge in [-0.05, 0) is 82.8 Å². The molecule has 3 heteroatoms. The van der Waals surface area contributed by atoms with Gasteiger partial charge in [-0.15, -0.1) is 0 Å². The van der Waals surface area contributed by atoms with Gasteiger partial charge in [0, 0.05) is 12.0 Å². The fourth-order valence-electron chi connectivity index (χ4n) is 4.49. The molecular weight excluding hydrogens is 404 g/mol. The van der Waals surface area contributed by atoms with E-state index in [1.807, 2.05) is 13.0 Å². The fraction of sp³-hybridized carbons (Fsp3) is 0.633. The molecule has 0 amide bonds. The van der Waals surface area contributed by atoms with Crippen LogP contribution in [0.15, 0.2) is 40.8 Å². The third-order valence-corrected chi connectivity index (χ3v) is 6.30. The van der Waals surface area contributed by atoms with Crippen LogP contribution in [-0.2, 0) is 13.0 Å². The summed E-state index contributed by atoms with van der Waals surface area (Å²) in [6, 6.07) is 13.4. The Hall–Kier alpha value is -1.87. The Labute approximate surface area is 203 Å². The monoisotopic (exact) mass is 453 g/mol. The highest BCUT2D eigenvalue weighted by atomic mass is 16.3. The Kier molecular flexibility index (Phi) is 13.9. The van der Waals surface area contributed by atoms with Gasteiger partial charge in [0.05, 0.1) is 0 Å². The van der Waals surface area contributed by atoms with E-state index in [4.69, 9.17) is 4.42 Å². The molecule has 0 spiro atoms. The number of furan rings is 1. The number of aryl methyl sites for hydroxylation is 2. The van der Waals surface area contributed by atoms with Crippen molar-refractivity contribution in [2.75, 3.05) is 26.2 Å². The maximum atomic E-state index is 5.80. The summed E-state index contributed by atoms with van der Waals surface area (Å²) in [5, 5.41) is 0. The van der Waals surface area contributed by atoms with Crippen molar-refractivity contribution in [3.63, 3.8) is 0 Å². The molecule has 0 saturated carbocycles. The van der Waals surface area contributed by atoms with E-state index in [1.165, 1.54) is 95.0 Å². The first kappa shape index (κ1) is 27.4. The van der Waals surface area contributed by atoms with Crippen LogP contribution in [0.3, 0.4) is 0 Å². The van der Waals surface area contributed by atoms with Gasteiger partial charge in [-0.2, -0.15) is 0 Å². The van der Waals surface area contributed by atoms with Crippen LogP contribution in [0.2, 0.25) is 0 Å². The lowest BCUT2D eigenvalue weighted by atomic mass is 10.0. The second-order valence-corrected chi connectivity index (χ2v) is 9.58. The van der Waals surface area contributed by atoms with Crippen molar-refractivity contribution in [1.29, 1.82) is 0 Å². The number of benzene rings is 1.